The topological polar surface area (TPSA) is 63.4 Å². The van der Waals surface area contributed by atoms with Crippen molar-refractivity contribution in [2.45, 2.75) is 32.1 Å². The average molecular weight is 247 g/mol. The first kappa shape index (κ1) is 13.5. The number of likely N-dealkylation sites (tertiary alicyclic amines) is 1. The van der Waals surface area contributed by atoms with Crippen LogP contribution >= 0.6 is 11.6 Å². The highest BCUT2D eigenvalue weighted by molar-refractivity contribution is 6.64. The van der Waals surface area contributed by atoms with Gasteiger partial charge in [-0.1, -0.05) is 0 Å². The molecule has 5 heteroatoms. The molecule has 0 spiro atoms. The molecule has 1 heterocycles. The molecule has 0 unspecified atom stereocenters. The molecule has 2 fully saturated rings. The Morgan fingerprint density at radius 2 is 2.19 bits per heavy atom. The van der Waals surface area contributed by atoms with Crippen LogP contribution in [0.5, 0.6) is 0 Å². The number of amides is 1. The molecule has 1 aliphatic carbocycles. The average Bonchev–Trinajstić information content (AvgIpc) is 3.02. The van der Waals surface area contributed by atoms with Gasteiger partial charge in [-0.25, -0.2) is 0 Å². The first-order valence-electron chi connectivity index (χ1n) is 5.82. The summed E-state index contributed by atoms with van der Waals surface area (Å²) < 4.78 is 0. The predicted octanol–water partition coefficient (Wildman–Crippen LogP) is 1.12. The Bertz CT molecular complexity index is 254. The van der Waals surface area contributed by atoms with E-state index in [9.17, 15) is 9.59 Å². The lowest BCUT2D eigenvalue weighted by molar-refractivity contribution is -0.127. The number of nitrogens with two attached hydrogens (primary N) is 1. The Hall–Kier alpha value is -0.610. The van der Waals surface area contributed by atoms with Gasteiger partial charge in [0.1, 0.15) is 0 Å². The summed E-state index contributed by atoms with van der Waals surface area (Å²) in [4.78, 5) is 22.8. The van der Waals surface area contributed by atoms with E-state index in [1.807, 2.05) is 4.90 Å². The highest BCUT2D eigenvalue weighted by Gasteiger charge is 2.27. The number of carbonyl (C=O) groups excluding carboxylic acids is 2. The summed E-state index contributed by atoms with van der Waals surface area (Å²) in [7, 11) is 0. The Morgan fingerprint density at radius 1 is 1.50 bits per heavy atom. The fourth-order valence-corrected chi connectivity index (χ4v) is 1.75. The standard InChI is InChI=1S/C7H14N2O.C4H5ClO/c8-4-2-6-9-5-1-3-7(9)10;5-4(6)3-1-2-3/h1-6,8H2;3H,1-2H2. The molecule has 1 saturated heterocycles. The van der Waals surface area contributed by atoms with Gasteiger partial charge in [0.05, 0.1) is 0 Å². The molecule has 2 aliphatic rings. The smallest absolute Gasteiger partial charge is 0.224 e. The molecule has 1 amide bonds. The van der Waals surface area contributed by atoms with Crippen molar-refractivity contribution in [1.82, 2.24) is 4.90 Å². The first-order chi connectivity index (χ1) is 7.65. The van der Waals surface area contributed by atoms with Crippen molar-refractivity contribution in [3.63, 3.8) is 0 Å². The lowest BCUT2D eigenvalue weighted by atomic mass is 10.4. The summed E-state index contributed by atoms with van der Waals surface area (Å²) in [5.41, 5.74) is 5.31. The van der Waals surface area contributed by atoms with Crippen molar-refractivity contribution in [3.05, 3.63) is 0 Å². The third-order valence-corrected chi connectivity index (χ3v) is 3.01. The number of carbonyl (C=O) groups is 2. The molecule has 1 aliphatic heterocycles. The molecule has 0 bridgehead atoms. The van der Waals surface area contributed by atoms with Gasteiger partial charge in [-0.2, -0.15) is 0 Å². The summed E-state index contributed by atoms with van der Waals surface area (Å²) in [5.74, 6) is 0.528. The van der Waals surface area contributed by atoms with Gasteiger partial charge >= 0.3 is 0 Å². The third-order valence-electron chi connectivity index (χ3n) is 2.70. The zero-order valence-corrected chi connectivity index (χ0v) is 10.2. The van der Waals surface area contributed by atoms with Crippen LogP contribution < -0.4 is 5.73 Å². The summed E-state index contributed by atoms with van der Waals surface area (Å²) in [6.45, 7) is 2.48. The molecule has 4 nitrogen and oxygen atoms in total. The first-order valence-corrected chi connectivity index (χ1v) is 6.20. The Kier molecular flexibility index (Phi) is 5.77. The van der Waals surface area contributed by atoms with Crippen molar-refractivity contribution >= 4 is 22.8 Å². The molecule has 92 valence electrons. The van der Waals surface area contributed by atoms with Crippen LogP contribution in [0.2, 0.25) is 0 Å². The molecule has 16 heavy (non-hydrogen) atoms. The largest absolute Gasteiger partial charge is 0.343 e. The van der Waals surface area contributed by atoms with E-state index in [1.54, 1.807) is 0 Å². The van der Waals surface area contributed by atoms with Gasteiger partial charge < -0.3 is 10.6 Å². The molecule has 0 aromatic carbocycles. The summed E-state index contributed by atoms with van der Waals surface area (Å²) in [5, 5.41) is -0.157. The van der Waals surface area contributed by atoms with Gasteiger partial charge in [0.15, 0.2) is 0 Å². The normalized spacial score (nSPS) is 19.4. The second-order valence-corrected chi connectivity index (χ2v) is 4.58. The van der Waals surface area contributed by atoms with Crippen molar-refractivity contribution in [3.8, 4) is 0 Å². The highest BCUT2D eigenvalue weighted by Crippen LogP contribution is 2.30. The molecular formula is C11H19ClN2O2. The van der Waals surface area contributed by atoms with Crippen LogP contribution in [0.1, 0.15) is 32.1 Å². The molecule has 0 radical (unpaired) electrons. The van der Waals surface area contributed by atoms with Crippen molar-refractivity contribution < 1.29 is 9.59 Å². The lowest BCUT2D eigenvalue weighted by Crippen LogP contribution is -2.27. The minimum Gasteiger partial charge on any atom is -0.343 e. The van der Waals surface area contributed by atoms with Crippen LogP contribution in [-0.4, -0.2) is 35.7 Å². The predicted molar refractivity (Wildman–Crippen MR) is 63.1 cm³/mol. The van der Waals surface area contributed by atoms with Gasteiger partial charge in [0, 0.05) is 25.4 Å². The Balaban J connectivity index is 0.000000181. The van der Waals surface area contributed by atoms with Crippen LogP contribution in [0.25, 0.3) is 0 Å². The molecule has 0 aromatic heterocycles. The molecule has 2 N–H and O–H groups in total. The fraction of sp³-hybridized carbons (Fsp3) is 0.818. The van der Waals surface area contributed by atoms with Crippen LogP contribution in [0.4, 0.5) is 0 Å². The second-order valence-electron chi connectivity index (χ2n) is 4.20. The van der Waals surface area contributed by atoms with Gasteiger partial charge in [-0.05, 0) is 43.8 Å². The zero-order valence-electron chi connectivity index (χ0n) is 9.45. The van der Waals surface area contributed by atoms with E-state index in [1.165, 1.54) is 0 Å². The molecule has 2 rings (SSSR count). The highest BCUT2D eigenvalue weighted by atomic mass is 35.5. The Labute approximate surface area is 101 Å². The number of rotatable bonds is 4. The minimum atomic E-state index is -0.157. The van der Waals surface area contributed by atoms with Gasteiger partial charge in [0.2, 0.25) is 11.1 Å². The summed E-state index contributed by atoms with van der Waals surface area (Å²) in [6, 6.07) is 0. The van der Waals surface area contributed by atoms with E-state index >= 15 is 0 Å². The van der Waals surface area contributed by atoms with E-state index < -0.39 is 0 Å². The van der Waals surface area contributed by atoms with E-state index in [-0.39, 0.29) is 11.2 Å². The Morgan fingerprint density at radius 3 is 2.50 bits per heavy atom. The van der Waals surface area contributed by atoms with Crippen LogP contribution in [-0.2, 0) is 9.59 Å². The summed E-state index contributed by atoms with van der Waals surface area (Å²) in [6.07, 6.45) is 4.74. The van der Waals surface area contributed by atoms with Gasteiger partial charge in [0.25, 0.3) is 0 Å². The van der Waals surface area contributed by atoms with Crippen LogP contribution in [0.3, 0.4) is 0 Å². The number of nitrogens with zero attached hydrogens (tertiary/aromatic N) is 1. The maximum absolute atomic E-state index is 11.0. The maximum atomic E-state index is 11.0. The molecule has 0 aromatic rings. The fourth-order valence-electron chi connectivity index (χ4n) is 1.53. The number of hydrogen-bond donors (Lipinski definition) is 1. The second kappa shape index (κ2) is 6.86. The lowest BCUT2D eigenvalue weighted by Gasteiger charge is -2.13. The molecule has 0 atom stereocenters. The number of halogens is 1. The quantitative estimate of drug-likeness (QED) is 0.756. The van der Waals surface area contributed by atoms with Crippen LogP contribution in [0.15, 0.2) is 0 Å². The van der Waals surface area contributed by atoms with Gasteiger partial charge in [-0.3, -0.25) is 9.59 Å². The SMILES string of the molecule is NCCCN1CCCC1=O.O=C(Cl)C1CC1. The van der Waals surface area contributed by atoms with E-state index in [0.717, 1.165) is 45.2 Å². The van der Waals surface area contributed by atoms with Crippen molar-refractivity contribution in [2.75, 3.05) is 19.6 Å². The maximum Gasteiger partial charge on any atom is 0.224 e. The zero-order chi connectivity index (χ0) is 12.0. The van der Waals surface area contributed by atoms with E-state index in [4.69, 9.17) is 17.3 Å². The monoisotopic (exact) mass is 246 g/mol. The van der Waals surface area contributed by atoms with E-state index in [2.05, 4.69) is 0 Å². The minimum absolute atomic E-state index is 0.157. The van der Waals surface area contributed by atoms with E-state index in [0.29, 0.717) is 12.5 Å². The molecular weight excluding hydrogens is 228 g/mol. The van der Waals surface area contributed by atoms with Crippen molar-refractivity contribution in [1.29, 1.82) is 0 Å². The third kappa shape index (κ3) is 4.94. The van der Waals surface area contributed by atoms with Crippen LogP contribution in [0, 0.1) is 5.92 Å². The number of hydrogen-bond acceptors (Lipinski definition) is 3. The summed E-state index contributed by atoms with van der Waals surface area (Å²) >= 11 is 5.04. The van der Waals surface area contributed by atoms with Gasteiger partial charge in [-0.15, -0.1) is 0 Å². The van der Waals surface area contributed by atoms with Crippen molar-refractivity contribution in [2.24, 2.45) is 11.7 Å². The molecule has 1 saturated carbocycles.